The van der Waals surface area contributed by atoms with Crippen LogP contribution in [0.25, 0.3) is 0 Å². The first-order valence-electron chi connectivity index (χ1n) is 5.04. The maximum atomic E-state index is 11.2. The summed E-state index contributed by atoms with van der Waals surface area (Å²) in [6.07, 6.45) is 1.69. The molecule has 1 heterocycles. The van der Waals surface area contributed by atoms with Gasteiger partial charge in [-0.3, -0.25) is 9.48 Å². The summed E-state index contributed by atoms with van der Waals surface area (Å²) in [5.41, 5.74) is 7.25. The van der Waals surface area contributed by atoms with Crippen molar-refractivity contribution in [3.8, 4) is 0 Å². The Kier molecular flexibility index (Phi) is 2.72. The molecule has 0 aliphatic heterocycles. The fraction of sp³-hybridized carbons (Fsp3) is 0.167. The average molecular weight is 215 g/mol. The fourth-order valence-corrected chi connectivity index (χ4v) is 1.56. The summed E-state index contributed by atoms with van der Waals surface area (Å²) in [6.45, 7) is 2.11. The second kappa shape index (κ2) is 4.18. The van der Waals surface area contributed by atoms with E-state index in [1.54, 1.807) is 10.9 Å². The van der Waals surface area contributed by atoms with E-state index < -0.39 is 0 Å². The van der Waals surface area contributed by atoms with Gasteiger partial charge in [-0.15, -0.1) is 0 Å². The quantitative estimate of drug-likeness (QED) is 0.793. The first-order chi connectivity index (χ1) is 7.66. The third-order valence-corrected chi connectivity index (χ3v) is 2.36. The van der Waals surface area contributed by atoms with Gasteiger partial charge in [0, 0.05) is 6.20 Å². The molecule has 0 aliphatic carbocycles. The highest BCUT2D eigenvalue weighted by Crippen LogP contribution is 2.11. The highest BCUT2D eigenvalue weighted by Gasteiger charge is 2.09. The van der Waals surface area contributed by atoms with Gasteiger partial charge in [-0.05, 0) is 12.5 Å². The van der Waals surface area contributed by atoms with Crippen LogP contribution in [0.4, 0.5) is 5.82 Å². The standard InChI is InChI=1S/C12H13N3O/c1-9(16)11-8-15(14-12(11)13)7-10-5-3-2-4-6-10/h2-6,8H,7H2,1H3,(H2,13,14). The Bertz CT molecular complexity index is 502. The zero-order valence-corrected chi connectivity index (χ0v) is 9.05. The lowest BCUT2D eigenvalue weighted by Gasteiger charge is -2.00. The van der Waals surface area contributed by atoms with Crippen LogP contribution in [-0.4, -0.2) is 15.6 Å². The van der Waals surface area contributed by atoms with Crippen molar-refractivity contribution in [2.24, 2.45) is 0 Å². The fourth-order valence-electron chi connectivity index (χ4n) is 1.56. The molecule has 1 aromatic heterocycles. The third kappa shape index (κ3) is 2.11. The summed E-state index contributed by atoms with van der Waals surface area (Å²) in [5, 5.41) is 4.10. The number of anilines is 1. The number of ketones is 1. The second-order valence-electron chi connectivity index (χ2n) is 3.67. The lowest BCUT2D eigenvalue weighted by Crippen LogP contribution is -2.00. The molecule has 0 spiro atoms. The van der Waals surface area contributed by atoms with Gasteiger partial charge in [0.25, 0.3) is 0 Å². The second-order valence-corrected chi connectivity index (χ2v) is 3.67. The molecule has 0 saturated carbocycles. The van der Waals surface area contributed by atoms with E-state index in [0.29, 0.717) is 17.9 Å². The molecule has 0 radical (unpaired) electrons. The minimum Gasteiger partial charge on any atom is -0.382 e. The summed E-state index contributed by atoms with van der Waals surface area (Å²) >= 11 is 0. The van der Waals surface area contributed by atoms with E-state index in [-0.39, 0.29) is 5.78 Å². The van der Waals surface area contributed by atoms with Crippen LogP contribution in [-0.2, 0) is 6.54 Å². The maximum Gasteiger partial charge on any atom is 0.165 e. The zero-order chi connectivity index (χ0) is 11.5. The van der Waals surface area contributed by atoms with Crippen molar-refractivity contribution in [3.05, 3.63) is 47.7 Å². The number of aromatic nitrogens is 2. The first kappa shape index (κ1) is 10.4. The Balaban J connectivity index is 2.23. The molecule has 16 heavy (non-hydrogen) atoms. The molecule has 0 unspecified atom stereocenters. The highest BCUT2D eigenvalue weighted by atomic mass is 16.1. The van der Waals surface area contributed by atoms with E-state index in [9.17, 15) is 4.79 Å². The number of carbonyl (C=O) groups is 1. The highest BCUT2D eigenvalue weighted by molar-refractivity contribution is 5.97. The number of nitrogens with two attached hydrogens (primary N) is 1. The van der Waals surface area contributed by atoms with E-state index >= 15 is 0 Å². The molecular formula is C12H13N3O. The average Bonchev–Trinajstić information content (AvgIpc) is 2.61. The molecule has 2 N–H and O–H groups in total. The van der Waals surface area contributed by atoms with Crippen LogP contribution in [0.3, 0.4) is 0 Å². The molecule has 1 aromatic carbocycles. The molecule has 0 fully saturated rings. The molecule has 4 nitrogen and oxygen atoms in total. The summed E-state index contributed by atoms with van der Waals surface area (Å²) in [7, 11) is 0. The van der Waals surface area contributed by atoms with Crippen molar-refractivity contribution in [1.29, 1.82) is 0 Å². The number of carbonyl (C=O) groups excluding carboxylic acids is 1. The van der Waals surface area contributed by atoms with Crippen LogP contribution in [0.1, 0.15) is 22.8 Å². The van der Waals surface area contributed by atoms with Crippen molar-refractivity contribution in [2.45, 2.75) is 13.5 Å². The number of nitrogens with zero attached hydrogens (tertiary/aromatic N) is 2. The SMILES string of the molecule is CC(=O)c1cn(Cc2ccccc2)nc1N. The molecule has 4 heteroatoms. The minimum atomic E-state index is -0.0585. The summed E-state index contributed by atoms with van der Waals surface area (Å²) in [4.78, 5) is 11.2. The summed E-state index contributed by atoms with van der Waals surface area (Å²) in [6, 6.07) is 9.90. The van der Waals surface area contributed by atoms with Gasteiger partial charge in [-0.25, -0.2) is 0 Å². The number of Topliss-reactive ketones (excluding diaryl/α,β-unsaturated/α-hetero) is 1. The zero-order valence-electron chi connectivity index (χ0n) is 9.05. The molecular weight excluding hydrogens is 202 g/mol. The van der Waals surface area contributed by atoms with Crippen LogP contribution >= 0.6 is 0 Å². The van der Waals surface area contributed by atoms with E-state index in [1.807, 2.05) is 30.3 Å². The molecule has 0 aliphatic rings. The Morgan fingerprint density at radius 1 is 1.38 bits per heavy atom. The van der Waals surface area contributed by atoms with Gasteiger partial charge in [0.1, 0.15) is 0 Å². The Morgan fingerprint density at radius 3 is 2.62 bits per heavy atom. The number of nitrogen functional groups attached to an aromatic ring is 1. The van der Waals surface area contributed by atoms with Gasteiger partial charge >= 0.3 is 0 Å². The number of hydrogen-bond acceptors (Lipinski definition) is 3. The van der Waals surface area contributed by atoms with Crippen molar-refractivity contribution >= 4 is 11.6 Å². The molecule has 0 bridgehead atoms. The van der Waals surface area contributed by atoms with Gasteiger partial charge < -0.3 is 5.73 Å². The van der Waals surface area contributed by atoms with Crippen molar-refractivity contribution in [2.75, 3.05) is 5.73 Å². The molecule has 82 valence electrons. The Morgan fingerprint density at radius 2 is 2.06 bits per heavy atom. The van der Waals surface area contributed by atoms with Crippen molar-refractivity contribution < 1.29 is 4.79 Å². The van der Waals surface area contributed by atoms with Crippen LogP contribution in [0.2, 0.25) is 0 Å². The van der Waals surface area contributed by atoms with Crippen molar-refractivity contribution in [3.63, 3.8) is 0 Å². The minimum absolute atomic E-state index is 0.0585. The Hall–Kier alpha value is -2.10. The lowest BCUT2D eigenvalue weighted by molar-refractivity contribution is 0.101. The van der Waals surface area contributed by atoms with Crippen LogP contribution < -0.4 is 5.73 Å². The molecule has 0 saturated heterocycles. The van der Waals surface area contributed by atoms with E-state index in [2.05, 4.69) is 5.10 Å². The third-order valence-electron chi connectivity index (χ3n) is 2.36. The summed E-state index contributed by atoms with van der Waals surface area (Å²) in [5.74, 6) is 0.236. The molecule has 2 rings (SSSR count). The number of benzene rings is 1. The van der Waals surface area contributed by atoms with Gasteiger partial charge in [-0.1, -0.05) is 30.3 Å². The smallest absolute Gasteiger partial charge is 0.165 e. The van der Waals surface area contributed by atoms with E-state index in [0.717, 1.165) is 5.56 Å². The largest absolute Gasteiger partial charge is 0.382 e. The molecule has 0 amide bonds. The van der Waals surface area contributed by atoms with Gasteiger partial charge in [0.15, 0.2) is 11.6 Å². The molecule has 2 aromatic rings. The van der Waals surface area contributed by atoms with Gasteiger partial charge in [0.2, 0.25) is 0 Å². The van der Waals surface area contributed by atoms with Crippen molar-refractivity contribution in [1.82, 2.24) is 9.78 Å². The molecule has 0 atom stereocenters. The first-order valence-corrected chi connectivity index (χ1v) is 5.04. The van der Waals surface area contributed by atoms with Gasteiger partial charge in [0.05, 0.1) is 12.1 Å². The predicted octanol–water partition coefficient (Wildman–Crippen LogP) is 1.72. The van der Waals surface area contributed by atoms with Crippen LogP contribution in [0.5, 0.6) is 0 Å². The number of hydrogen-bond donors (Lipinski definition) is 1. The Labute approximate surface area is 93.7 Å². The normalized spacial score (nSPS) is 10.3. The maximum absolute atomic E-state index is 11.2. The lowest BCUT2D eigenvalue weighted by atomic mass is 10.2. The topological polar surface area (TPSA) is 60.9 Å². The van der Waals surface area contributed by atoms with E-state index in [4.69, 9.17) is 5.73 Å². The van der Waals surface area contributed by atoms with E-state index in [1.165, 1.54) is 6.92 Å². The monoisotopic (exact) mass is 215 g/mol. The summed E-state index contributed by atoms with van der Waals surface area (Å²) < 4.78 is 1.68. The number of rotatable bonds is 3. The predicted molar refractivity (Wildman–Crippen MR) is 62.2 cm³/mol. The van der Waals surface area contributed by atoms with Crippen LogP contribution in [0.15, 0.2) is 36.5 Å². The van der Waals surface area contributed by atoms with Gasteiger partial charge in [-0.2, -0.15) is 5.10 Å². The van der Waals surface area contributed by atoms with Crippen LogP contribution in [0, 0.1) is 0 Å².